The van der Waals surface area contributed by atoms with Crippen molar-refractivity contribution >= 4 is 5.82 Å². The van der Waals surface area contributed by atoms with Gasteiger partial charge in [0.25, 0.3) is 0 Å². The Kier molecular flexibility index (Phi) is 4.10. The first-order valence-corrected chi connectivity index (χ1v) is 7.85. The van der Waals surface area contributed by atoms with Crippen LogP contribution in [0.3, 0.4) is 0 Å². The SMILES string of the molecule is C=CCn1c(C2CCCC2)nc(C2CCCOC2)c1N. The van der Waals surface area contributed by atoms with Crippen LogP contribution in [0.25, 0.3) is 0 Å². The first-order chi connectivity index (χ1) is 9.81. The van der Waals surface area contributed by atoms with Crippen molar-refractivity contribution in [3.05, 3.63) is 24.2 Å². The van der Waals surface area contributed by atoms with E-state index in [9.17, 15) is 0 Å². The van der Waals surface area contributed by atoms with Gasteiger partial charge in [-0.2, -0.15) is 0 Å². The van der Waals surface area contributed by atoms with Gasteiger partial charge >= 0.3 is 0 Å². The van der Waals surface area contributed by atoms with Gasteiger partial charge in [-0.15, -0.1) is 6.58 Å². The zero-order chi connectivity index (χ0) is 13.9. The average molecular weight is 275 g/mol. The third-order valence-corrected chi connectivity index (χ3v) is 4.64. The van der Waals surface area contributed by atoms with Gasteiger partial charge in [-0.25, -0.2) is 4.98 Å². The van der Waals surface area contributed by atoms with Gasteiger partial charge in [0.05, 0.1) is 12.3 Å². The normalized spacial score (nSPS) is 24.1. The average Bonchev–Trinajstić information content (AvgIpc) is 3.10. The number of rotatable bonds is 4. The number of aromatic nitrogens is 2. The van der Waals surface area contributed by atoms with E-state index in [4.69, 9.17) is 15.5 Å². The second kappa shape index (κ2) is 6.00. The molecule has 0 aromatic carbocycles. The lowest BCUT2D eigenvalue weighted by atomic mass is 9.98. The third-order valence-electron chi connectivity index (χ3n) is 4.64. The number of hydrogen-bond donors (Lipinski definition) is 1. The van der Waals surface area contributed by atoms with Crippen LogP contribution in [0.5, 0.6) is 0 Å². The van der Waals surface area contributed by atoms with E-state index in [0.29, 0.717) is 11.8 Å². The fourth-order valence-electron chi connectivity index (χ4n) is 3.58. The number of ether oxygens (including phenoxy) is 1. The second-order valence-corrected chi connectivity index (χ2v) is 6.04. The van der Waals surface area contributed by atoms with Gasteiger partial charge in [0.15, 0.2) is 0 Å². The molecular formula is C16H25N3O. The second-order valence-electron chi connectivity index (χ2n) is 6.04. The Labute approximate surface area is 121 Å². The van der Waals surface area contributed by atoms with Crippen molar-refractivity contribution in [3.8, 4) is 0 Å². The topological polar surface area (TPSA) is 53.1 Å². The minimum atomic E-state index is 0.370. The molecule has 0 radical (unpaired) electrons. The van der Waals surface area contributed by atoms with Crippen LogP contribution in [0.1, 0.15) is 61.9 Å². The molecule has 1 aromatic rings. The summed E-state index contributed by atoms with van der Waals surface area (Å²) in [5, 5.41) is 0. The molecule has 0 spiro atoms. The van der Waals surface area contributed by atoms with E-state index in [2.05, 4.69) is 11.1 Å². The van der Waals surface area contributed by atoms with Gasteiger partial charge in [0, 0.05) is 25.0 Å². The molecule has 1 aliphatic heterocycles. The number of hydrogen-bond acceptors (Lipinski definition) is 3. The van der Waals surface area contributed by atoms with Crippen LogP contribution in [0, 0.1) is 0 Å². The molecule has 2 fully saturated rings. The van der Waals surface area contributed by atoms with Crippen LogP contribution in [0.2, 0.25) is 0 Å². The minimum absolute atomic E-state index is 0.370. The number of nitrogen functional groups attached to an aromatic ring is 1. The van der Waals surface area contributed by atoms with E-state index in [1.54, 1.807) is 0 Å². The first-order valence-electron chi connectivity index (χ1n) is 7.85. The summed E-state index contributed by atoms with van der Waals surface area (Å²) in [6.45, 7) is 6.26. The molecule has 4 nitrogen and oxygen atoms in total. The van der Waals surface area contributed by atoms with Gasteiger partial charge < -0.3 is 15.0 Å². The molecule has 3 rings (SSSR count). The third kappa shape index (κ3) is 2.49. The molecule has 2 aliphatic rings. The predicted molar refractivity (Wildman–Crippen MR) is 80.8 cm³/mol. The summed E-state index contributed by atoms with van der Waals surface area (Å²) in [5.74, 6) is 2.97. The summed E-state index contributed by atoms with van der Waals surface area (Å²) < 4.78 is 7.77. The summed E-state index contributed by atoms with van der Waals surface area (Å²) >= 11 is 0. The molecule has 1 saturated carbocycles. The Bertz CT molecular complexity index is 468. The largest absolute Gasteiger partial charge is 0.384 e. The molecule has 110 valence electrons. The van der Waals surface area contributed by atoms with Crippen LogP contribution < -0.4 is 5.73 Å². The summed E-state index contributed by atoms with van der Waals surface area (Å²) in [5.41, 5.74) is 7.45. The molecule has 4 heteroatoms. The van der Waals surface area contributed by atoms with E-state index >= 15 is 0 Å². The Morgan fingerprint density at radius 3 is 2.65 bits per heavy atom. The number of allylic oxidation sites excluding steroid dienone is 1. The highest BCUT2D eigenvalue weighted by molar-refractivity contribution is 5.42. The summed E-state index contributed by atoms with van der Waals surface area (Å²) in [4.78, 5) is 4.94. The fourth-order valence-corrected chi connectivity index (χ4v) is 3.58. The lowest BCUT2D eigenvalue weighted by Gasteiger charge is -2.20. The number of anilines is 1. The van der Waals surface area contributed by atoms with Crippen molar-refractivity contribution < 1.29 is 4.74 Å². The number of nitrogens with two attached hydrogens (primary N) is 1. The van der Waals surface area contributed by atoms with E-state index in [1.165, 1.54) is 31.5 Å². The molecule has 0 bridgehead atoms. The molecule has 20 heavy (non-hydrogen) atoms. The van der Waals surface area contributed by atoms with Crippen LogP contribution in [0.4, 0.5) is 5.82 Å². The maximum atomic E-state index is 6.39. The van der Waals surface area contributed by atoms with Gasteiger partial charge in [0.1, 0.15) is 11.6 Å². The highest BCUT2D eigenvalue weighted by Gasteiger charge is 2.28. The van der Waals surface area contributed by atoms with Crippen LogP contribution in [0.15, 0.2) is 12.7 Å². The number of imidazole rings is 1. The van der Waals surface area contributed by atoms with Crippen LogP contribution >= 0.6 is 0 Å². The minimum Gasteiger partial charge on any atom is -0.384 e. The van der Waals surface area contributed by atoms with Crippen molar-refractivity contribution in [2.75, 3.05) is 18.9 Å². The smallest absolute Gasteiger partial charge is 0.127 e. The first kappa shape index (κ1) is 13.7. The monoisotopic (exact) mass is 275 g/mol. The fraction of sp³-hybridized carbons (Fsp3) is 0.688. The van der Waals surface area contributed by atoms with Gasteiger partial charge in [0.2, 0.25) is 0 Å². The van der Waals surface area contributed by atoms with Gasteiger partial charge in [-0.3, -0.25) is 0 Å². The maximum Gasteiger partial charge on any atom is 0.127 e. The van der Waals surface area contributed by atoms with E-state index in [-0.39, 0.29) is 0 Å². The molecule has 2 heterocycles. The maximum absolute atomic E-state index is 6.39. The molecule has 1 unspecified atom stereocenters. The lowest BCUT2D eigenvalue weighted by molar-refractivity contribution is 0.0795. The van der Waals surface area contributed by atoms with Crippen molar-refractivity contribution in [2.24, 2.45) is 0 Å². The molecule has 2 N–H and O–H groups in total. The quantitative estimate of drug-likeness (QED) is 0.858. The Balaban J connectivity index is 1.93. The molecule has 1 aromatic heterocycles. The van der Waals surface area contributed by atoms with Crippen LogP contribution in [-0.2, 0) is 11.3 Å². The van der Waals surface area contributed by atoms with Crippen LogP contribution in [-0.4, -0.2) is 22.8 Å². The van der Waals surface area contributed by atoms with Gasteiger partial charge in [-0.1, -0.05) is 18.9 Å². The Morgan fingerprint density at radius 1 is 1.25 bits per heavy atom. The van der Waals surface area contributed by atoms with Gasteiger partial charge in [-0.05, 0) is 25.7 Å². The van der Waals surface area contributed by atoms with Crippen molar-refractivity contribution in [3.63, 3.8) is 0 Å². The van der Waals surface area contributed by atoms with E-state index < -0.39 is 0 Å². The highest BCUT2D eigenvalue weighted by Crippen LogP contribution is 2.37. The Morgan fingerprint density at radius 2 is 2.00 bits per heavy atom. The zero-order valence-electron chi connectivity index (χ0n) is 12.2. The molecular weight excluding hydrogens is 250 g/mol. The molecule has 1 atom stereocenters. The van der Waals surface area contributed by atoms with Crippen molar-refractivity contribution in [1.29, 1.82) is 0 Å². The lowest BCUT2D eigenvalue weighted by Crippen LogP contribution is -2.17. The van der Waals surface area contributed by atoms with Crippen molar-refractivity contribution in [2.45, 2.75) is 56.9 Å². The van der Waals surface area contributed by atoms with E-state index in [0.717, 1.165) is 44.1 Å². The number of nitrogens with zero attached hydrogens (tertiary/aromatic N) is 2. The highest BCUT2D eigenvalue weighted by atomic mass is 16.5. The molecule has 1 saturated heterocycles. The predicted octanol–water partition coefficient (Wildman–Crippen LogP) is 3.20. The summed E-state index contributed by atoms with van der Waals surface area (Å²) in [6, 6.07) is 0. The summed E-state index contributed by atoms with van der Waals surface area (Å²) in [6.07, 6.45) is 9.28. The van der Waals surface area contributed by atoms with Crippen molar-refractivity contribution in [1.82, 2.24) is 9.55 Å². The summed E-state index contributed by atoms with van der Waals surface area (Å²) in [7, 11) is 0. The Hall–Kier alpha value is -1.29. The molecule has 0 amide bonds. The van der Waals surface area contributed by atoms with E-state index in [1.807, 2.05) is 6.08 Å². The zero-order valence-corrected chi connectivity index (χ0v) is 12.2. The standard InChI is InChI=1S/C16H25N3O/c1-2-9-19-15(17)14(13-8-5-10-20-11-13)18-16(19)12-6-3-4-7-12/h2,12-13H,1,3-11,17H2. The molecule has 1 aliphatic carbocycles.